The molecule has 1 heterocycles. The minimum Gasteiger partial charge on any atom is -0.271 e. The maximum atomic E-state index is 6.15. The van der Waals surface area contributed by atoms with E-state index in [4.69, 9.17) is 17.4 Å². The third-order valence-electron chi connectivity index (χ3n) is 3.11. The Morgan fingerprint density at radius 3 is 2.80 bits per heavy atom. The predicted molar refractivity (Wildman–Crippen MR) is 85.6 cm³/mol. The SMILES string of the molecule is CCCn1ncc(Br)c1C(NN)c1cc(C)cc(Cl)c1. The predicted octanol–water partition coefficient (Wildman–Crippen LogP) is 3.57. The Labute approximate surface area is 132 Å². The van der Waals surface area contributed by atoms with Gasteiger partial charge < -0.3 is 0 Å². The van der Waals surface area contributed by atoms with Gasteiger partial charge in [0.05, 0.1) is 22.4 Å². The highest BCUT2D eigenvalue weighted by molar-refractivity contribution is 9.10. The van der Waals surface area contributed by atoms with Crippen LogP contribution in [0, 0.1) is 6.92 Å². The lowest BCUT2D eigenvalue weighted by molar-refractivity contribution is 0.519. The summed E-state index contributed by atoms with van der Waals surface area (Å²) in [6.45, 7) is 4.98. The lowest BCUT2D eigenvalue weighted by Gasteiger charge is -2.19. The Balaban J connectivity index is 2.49. The number of nitrogens with two attached hydrogens (primary N) is 1. The van der Waals surface area contributed by atoms with E-state index in [2.05, 4.69) is 39.4 Å². The molecule has 0 amide bonds. The summed E-state index contributed by atoms with van der Waals surface area (Å²) in [5.41, 5.74) is 6.00. The van der Waals surface area contributed by atoms with Crippen molar-refractivity contribution in [2.75, 3.05) is 0 Å². The molecular weight excluding hydrogens is 340 g/mol. The van der Waals surface area contributed by atoms with Gasteiger partial charge in [-0.2, -0.15) is 5.10 Å². The van der Waals surface area contributed by atoms with Crippen LogP contribution in [-0.2, 0) is 6.54 Å². The van der Waals surface area contributed by atoms with Crippen molar-refractivity contribution < 1.29 is 0 Å². The molecule has 0 saturated heterocycles. The second-order valence-electron chi connectivity index (χ2n) is 4.76. The molecular formula is C14H18BrClN4. The zero-order chi connectivity index (χ0) is 14.7. The van der Waals surface area contributed by atoms with Crippen molar-refractivity contribution >= 4 is 27.5 Å². The number of nitrogens with zero attached hydrogens (tertiary/aromatic N) is 2. The van der Waals surface area contributed by atoms with Crippen molar-refractivity contribution in [2.24, 2.45) is 5.84 Å². The zero-order valence-corrected chi connectivity index (χ0v) is 13.9. The molecule has 0 spiro atoms. The highest BCUT2D eigenvalue weighted by atomic mass is 79.9. The molecule has 0 aliphatic carbocycles. The summed E-state index contributed by atoms with van der Waals surface area (Å²) in [6.07, 6.45) is 2.81. The van der Waals surface area contributed by atoms with Gasteiger partial charge in [0.1, 0.15) is 0 Å². The summed E-state index contributed by atoms with van der Waals surface area (Å²) < 4.78 is 2.90. The molecule has 6 heteroatoms. The third kappa shape index (κ3) is 3.23. The Morgan fingerprint density at radius 1 is 1.45 bits per heavy atom. The van der Waals surface area contributed by atoms with Crippen LogP contribution in [0.3, 0.4) is 0 Å². The summed E-state index contributed by atoms with van der Waals surface area (Å²) in [7, 11) is 0. The molecule has 3 N–H and O–H groups in total. The molecule has 0 bridgehead atoms. The molecule has 1 aromatic carbocycles. The Bertz CT molecular complexity index is 577. The van der Waals surface area contributed by atoms with Crippen molar-refractivity contribution in [1.29, 1.82) is 0 Å². The Morgan fingerprint density at radius 2 is 2.20 bits per heavy atom. The fraction of sp³-hybridized carbons (Fsp3) is 0.357. The quantitative estimate of drug-likeness (QED) is 0.635. The number of aryl methyl sites for hydroxylation is 2. The summed E-state index contributed by atoms with van der Waals surface area (Å²) in [4.78, 5) is 0. The van der Waals surface area contributed by atoms with Crippen molar-refractivity contribution in [3.05, 3.63) is 50.7 Å². The molecule has 1 unspecified atom stereocenters. The van der Waals surface area contributed by atoms with Gasteiger partial charge in [0.15, 0.2) is 0 Å². The fourth-order valence-corrected chi connectivity index (χ4v) is 3.14. The first-order valence-electron chi connectivity index (χ1n) is 6.51. The highest BCUT2D eigenvalue weighted by Crippen LogP contribution is 2.30. The number of rotatable bonds is 5. The van der Waals surface area contributed by atoms with E-state index < -0.39 is 0 Å². The van der Waals surface area contributed by atoms with E-state index in [1.165, 1.54) is 0 Å². The van der Waals surface area contributed by atoms with Crippen LogP contribution in [0.4, 0.5) is 0 Å². The van der Waals surface area contributed by atoms with E-state index in [0.29, 0.717) is 5.02 Å². The summed E-state index contributed by atoms with van der Waals surface area (Å²) in [5.74, 6) is 5.78. The average Bonchev–Trinajstić information content (AvgIpc) is 2.72. The van der Waals surface area contributed by atoms with Crippen molar-refractivity contribution in [1.82, 2.24) is 15.2 Å². The minimum atomic E-state index is -0.157. The first kappa shape index (κ1) is 15.5. The van der Waals surface area contributed by atoms with Crippen LogP contribution in [0.1, 0.15) is 36.2 Å². The molecule has 0 aliphatic heterocycles. The Hall–Kier alpha value is -0.880. The van der Waals surface area contributed by atoms with Gasteiger partial charge in [0, 0.05) is 11.6 Å². The lowest BCUT2D eigenvalue weighted by Crippen LogP contribution is -2.31. The van der Waals surface area contributed by atoms with Crippen LogP contribution in [-0.4, -0.2) is 9.78 Å². The van der Waals surface area contributed by atoms with Gasteiger partial charge in [-0.25, -0.2) is 5.43 Å². The maximum Gasteiger partial charge on any atom is 0.0890 e. The summed E-state index contributed by atoms with van der Waals surface area (Å²) in [6, 6.07) is 5.77. The maximum absolute atomic E-state index is 6.15. The van der Waals surface area contributed by atoms with E-state index in [0.717, 1.165) is 34.3 Å². The number of benzene rings is 1. The van der Waals surface area contributed by atoms with E-state index in [1.807, 2.05) is 23.7 Å². The monoisotopic (exact) mass is 356 g/mol. The number of hydrogen-bond acceptors (Lipinski definition) is 3. The van der Waals surface area contributed by atoms with Crippen LogP contribution in [0.15, 0.2) is 28.9 Å². The van der Waals surface area contributed by atoms with Crippen LogP contribution < -0.4 is 11.3 Å². The van der Waals surface area contributed by atoms with Crippen LogP contribution >= 0.6 is 27.5 Å². The fourth-order valence-electron chi connectivity index (χ4n) is 2.31. The standard InChI is InChI=1S/C14H18BrClN4/c1-3-4-20-14(12(15)8-18-20)13(19-17)10-5-9(2)6-11(16)7-10/h5-8,13,19H,3-4,17H2,1-2H3. The van der Waals surface area contributed by atoms with Gasteiger partial charge in [0.25, 0.3) is 0 Å². The van der Waals surface area contributed by atoms with Crippen LogP contribution in [0.25, 0.3) is 0 Å². The average molecular weight is 358 g/mol. The van der Waals surface area contributed by atoms with Gasteiger partial charge in [-0.15, -0.1) is 0 Å². The van der Waals surface area contributed by atoms with Crippen molar-refractivity contribution in [3.8, 4) is 0 Å². The molecule has 1 aromatic heterocycles. The smallest absolute Gasteiger partial charge is 0.0890 e. The molecule has 1 atom stereocenters. The van der Waals surface area contributed by atoms with Crippen molar-refractivity contribution in [2.45, 2.75) is 32.9 Å². The molecule has 2 aromatic rings. The van der Waals surface area contributed by atoms with Gasteiger partial charge in [-0.05, 0) is 52.5 Å². The molecule has 4 nitrogen and oxygen atoms in total. The van der Waals surface area contributed by atoms with Gasteiger partial charge in [-0.1, -0.05) is 24.6 Å². The number of nitrogens with one attached hydrogen (secondary N) is 1. The largest absolute Gasteiger partial charge is 0.271 e. The number of hydrazine groups is 1. The third-order valence-corrected chi connectivity index (χ3v) is 3.94. The van der Waals surface area contributed by atoms with Crippen LogP contribution in [0.2, 0.25) is 5.02 Å². The second-order valence-corrected chi connectivity index (χ2v) is 6.05. The van der Waals surface area contributed by atoms with Gasteiger partial charge in [0.2, 0.25) is 0 Å². The first-order chi connectivity index (χ1) is 9.56. The van der Waals surface area contributed by atoms with Crippen molar-refractivity contribution in [3.63, 3.8) is 0 Å². The molecule has 0 fully saturated rings. The molecule has 20 heavy (non-hydrogen) atoms. The van der Waals surface area contributed by atoms with E-state index in [-0.39, 0.29) is 6.04 Å². The summed E-state index contributed by atoms with van der Waals surface area (Å²) in [5, 5.41) is 5.09. The number of hydrogen-bond donors (Lipinski definition) is 2. The molecule has 108 valence electrons. The first-order valence-corrected chi connectivity index (χ1v) is 7.68. The van der Waals surface area contributed by atoms with E-state index in [9.17, 15) is 0 Å². The zero-order valence-electron chi connectivity index (χ0n) is 11.5. The normalized spacial score (nSPS) is 12.7. The summed E-state index contributed by atoms with van der Waals surface area (Å²) >= 11 is 9.70. The Kier molecular flexibility index (Phi) is 5.21. The number of aromatic nitrogens is 2. The molecule has 2 rings (SSSR count). The number of halogens is 2. The van der Waals surface area contributed by atoms with Gasteiger partial charge >= 0.3 is 0 Å². The second kappa shape index (κ2) is 6.72. The molecule has 0 saturated carbocycles. The van der Waals surface area contributed by atoms with Crippen LogP contribution in [0.5, 0.6) is 0 Å². The van der Waals surface area contributed by atoms with Gasteiger partial charge in [-0.3, -0.25) is 10.5 Å². The highest BCUT2D eigenvalue weighted by Gasteiger charge is 2.21. The molecule has 0 radical (unpaired) electrons. The van der Waals surface area contributed by atoms with E-state index >= 15 is 0 Å². The molecule has 0 aliphatic rings. The minimum absolute atomic E-state index is 0.157. The lowest BCUT2D eigenvalue weighted by atomic mass is 10.0. The topological polar surface area (TPSA) is 55.9 Å². The van der Waals surface area contributed by atoms with E-state index in [1.54, 1.807) is 6.20 Å².